The number of hydrogen-bond acceptors (Lipinski definition) is 2. The van der Waals surface area contributed by atoms with Gasteiger partial charge in [0, 0.05) is 33.0 Å². The molecule has 0 aliphatic carbocycles. The third kappa shape index (κ3) is 3.46. The fourth-order valence-corrected chi connectivity index (χ4v) is 7.36. The van der Waals surface area contributed by atoms with E-state index in [9.17, 15) is 0 Å². The highest BCUT2D eigenvalue weighted by atomic mass is 15.0. The van der Waals surface area contributed by atoms with Crippen molar-refractivity contribution in [1.82, 2.24) is 14.5 Å². The number of para-hydroxylation sites is 3. The summed E-state index contributed by atoms with van der Waals surface area (Å²) < 4.78 is 2.46. The SMILES string of the molecule is c1ccc(-c2nc3ccccc3nc2-c2cc3c4ccccc4c4cc5ccccc5c5c4c3c(c2)n5-c2ccccc2)cc1. The number of hydrogen-bond donors (Lipinski definition) is 0. The third-order valence-electron chi connectivity index (χ3n) is 9.27. The standard InChI is InChI=1S/C42H25N3/c1-3-13-26(14-4-1)40-41(44-36-22-12-11-21-35(36)43-40)28-24-33-31-19-9-10-20-32(31)34-23-27-15-7-8-18-30(27)42-39(34)38(33)37(25-28)45(42)29-16-5-2-6-17-29/h1-25H. The Balaban J connectivity index is 1.45. The van der Waals surface area contributed by atoms with Crippen molar-refractivity contribution in [3.63, 3.8) is 0 Å². The van der Waals surface area contributed by atoms with Gasteiger partial charge in [-0.3, -0.25) is 0 Å². The van der Waals surface area contributed by atoms with Crippen LogP contribution in [0.15, 0.2) is 152 Å². The van der Waals surface area contributed by atoms with Crippen LogP contribution in [0, 0.1) is 0 Å². The molecule has 2 aromatic heterocycles. The zero-order valence-corrected chi connectivity index (χ0v) is 24.3. The molecule has 208 valence electrons. The zero-order chi connectivity index (χ0) is 29.5. The lowest BCUT2D eigenvalue weighted by Gasteiger charge is -2.14. The summed E-state index contributed by atoms with van der Waals surface area (Å²) >= 11 is 0. The van der Waals surface area contributed by atoms with E-state index in [0.717, 1.165) is 39.2 Å². The molecule has 0 saturated carbocycles. The van der Waals surface area contributed by atoms with E-state index in [1.807, 2.05) is 24.3 Å². The van der Waals surface area contributed by atoms with Gasteiger partial charge < -0.3 is 4.57 Å². The van der Waals surface area contributed by atoms with Gasteiger partial charge in [0.1, 0.15) is 0 Å². The van der Waals surface area contributed by atoms with E-state index in [0.29, 0.717) is 0 Å². The van der Waals surface area contributed by atoms with E-state index in [4.69, 9.17) is 9.97 Å². The van der Waals surface area contributed by atoms with Crippen molar-refractivity contribution in [2.75, 3.05) is 0 Å². The van der Waals surface area contributed by atoms with Gasteiger partial charge in [-0.25, -0.2) is 9.97 Å². The highest BCUT2D eigenvalue weighted by molar-refractivity contribution is 6.38. The molecule has 0 aliphatic rings. The van der Waals surface area contributed by atoms with Crippen molar-refractivity contribution < 1.29 is 0 Å². The summed E-state index contributed by atoms with van der Waals surface area (Å²) in [5, 5.41) is 10.1. The molecular formula is C42H25N3. The number of aromatic nitrogens is 3. The Kier molecular flexibility index (Phi) is 5.00. The molecule has 3 nitrogen and oxygen atoms in total. The van der Waals surface area contributed by atoms with Gasteiger partial charge in [-0.05, 0) is 69.4 Å². The van der Waals surface area contributed by atoms with Gasteiger partial charge in [0.25, 0.3) is 0 Å². The average Bonchev–Trinajstić information content (AvgIpc) is 3.47. The maximum absolute atomic E-state index is 5.31. The first-order chi connectivity index (χ1) is 22.3. The van der Waals surface area contributed by atoms with Crippen LogP contribution < -0.4 is 0 Å². The molecule has 45 heavy (non-hydrogen) atoms. The maximum Gasteiger partial charge on any atom is 0.0974 e. The molecule has 10 aromatic rings. The average molecular weight is 572 g/mol. The van der Waals surface area contributed by atoms with Crippen LogP contribution in [0.1, 0.15) is 0 Å². The van der Waals surface area contributed by atoms with Crippen molar-refractivity contribution in [2.45, 2.75) is 0 Å². The summed E-state index contributed by atoms with van der Waals surface area (Å²) in [6, 6.07) is 54.0. The van der Waals surface area contributed by atoms with Crippen molar-refractivity contribution in [3.8, 4) is 28.2 Å². The second-order valence-electron chi connectivity index (χ2n) is 11.8. The van der Waals surface area contributed by atoms with E-state index >= 15 is 0 Å². The molecule has 0 aliphatic heterocycles. The quantitative estimate of drug-likeness (QED) is 0.156. The van der Waals surface area contributed by atoms with Gasteiger partial charge in [-0.1, -0.05) is 109 Å². The first kappa shape index (κ1) is 24.4. The summed E-state index contributed by atoms with van der Waals surface area (Å²) in [4.78, 5) is 10.5. The van der Waals surface area contributed by atoms with E-state index in [2.05, 4.69) is 132 Å². The Labute approximate surface area is 259 Å². The molecule has 0 radical (unpaired) electrons. The van der Waals surface area contributed by atoms with Crippen LogP contribution >= 0.6 is 0 Å². The normalized spacial score (nSPS) is 12.0. The minimum atomic E-state index is 0.885. The van der Waals surface area contributed by atoms with Gasteiger partial charge >= 0.3 is 0 Å². The topological polar surface area (TPSA) is 30.7 Å². The molecule has 3 heteroatoms. The molecule has 0 fully saturated rings. The molecule has 8 aromatic carbocycles. The number of benzene rings is 8. The lowest BCUT2D eigenvalue weighted by molar-refractivity contribution is 1.19. The summed E-state index contributed by atoms with van der Waals surface area (Å²) in [6.45, 7) is 0. The first-order valence-electron chi connectivity index (χ1n) is 15.4. The van der Waals surface area contributed by atoms with Gasteiger partial charge in [-0.2, -0.15) is 0 Å². The van der Waals surface area contributed by atoms with Crippen LogP contribution in [0.3, 0.4) is 0 Å². The number of fused-ring (bicyclic) bond motifs is 6. The summed E-state index contributed by atoms with van der Waals surface area (Å²) in [7, 11) is 0. The van der Waals surface area contributed by atoms with Gasteiger partial charge in [0.15, 0.2) is 0 Å². The maximum atomic E-state index is 5.31. The van der Waals surface area contributed by atoms with Crippen LogP contribution in [0.25, 0.3) is 93.4 Å². The monoisotopic (exact) mass is 571 g/mol. The molecule has 10 rings (SSSR count). The largest absolute Gasteiger partial charge is 0.309 e. The Morgan fingerprint density at radius 3 is 1.67 bits per heavy atom. The van der Waals surface area contributed by atoms with Gasteiger partial charge in [0.05, 0.1) is 33.5 Å². The van der Waals surface area contributed by atoms with E-state index in [1.165, 1.54) is 54.1 Å². The van der Waals surface area contributed by atoms with E-state index in [1.54, 1.807) is 0 Å². The van der Waals surface area contributed by atoms with Crippen LogP contribution in [0.2, 0.25) is 0 Å². The highest BCUT2D eigenvalue weighted by Crippen LogP contribution is 2.48. The van der Waals surface area contributed by atoms with Crippen molar-refractivity contribution in [2.24, 2.45) is 0 Å². The lowest BCUT2D eigenvalue weighted by Crippen LogP contribution is -1.97. The van der Waals surface area contributed by atoms with E-state index < -0.39 is 0 Å². The number of nitrogens with zero attached hydrogens (tertiary/aromatic N) is 3. The molecule has 0 spiro atoms. The molecule has 0 bridgehead atoms. The zero-order valence-electron chi connectivity index (χ0n) is 24.3. The van der Waals surface area contributed by atoms with Crippen LogP contribution in [0.5, 0.6) is 0 Å². The van der Waals surface area contributed by atoms with Crippen LogP contribution in [-0.4, -0.2) is 14.5 Å². The Bertz CT molecular complexity index is 2740. The summed E-state index contributed by atoms with van der Waals surface area (Å²) in [5.74, 6) is 0. The smallest absolute Gasteiger partial charge is 0.0974 e. The first-order valence-corrected chi connectivity index (χ1v) is 15.4. The van der Waals surface area contributed by atoms with Crippen LogP contribution in [-0.2, 0) is 0 Å². The molecule has 0 amide bonds. The molecule has 2 heterocycles. The van der Waals surface area contributed by atoms with Crippen molar-refractivity contribution >= 4 is 65.2 Å². The van der Waals surface area contributed by atoms with Crippen LogP contribution in [0.4, 0.5) is 0 Å². The third-order valence-corrected chi connectivity index (χ3v) is 9.27. The molecule has 0 unspecified atom stereocenters. The van der Waals surface area contributed by atoms with Crippen molar-refractivity contribution in [3.05, 3.63) is 152 Å². The fourth-order valence-electron chi connectivity index (χ4n) is 7.36. The van der Waals surface area contributed by atoms with Crippen molar-refractivity contribution in [1.29, 1.82) is 0 Å². The molecule has 0 atom stereocenters. The summed E-state index contributed by atoms with van der Waals surface area (Å²) in [5.41, 5.74) is 9.21. The molecule has 0 saturated heterocycles. The minimum Gasteiger partial charge on any atom is -0.309 e. The van der Waals surface area contributed by atoms with E-state index in [-0.39, 0.29) is 0 Å². The molecule has 0 N–H and O–H groups in total. The predicted octanol–water partition coefficient (Wildman–Crippen LogP) is 11.0. The number of rotatable bonds is 3. The second-order valence-corrected chi connectivity index (χ2v) is 11.8. The second kappa shape index (κ2) is 9.22. The Morgan fingerprint density at radius 1 is 0.400 bits per heavy atom. The van der Waals surface area contributed by atoms with Gasteiger partial charge in [-0.15, -0.1) is 0 Å². The highest BCUT2D eigenvalue weighted by Gasteiger charge is 2.24. The summed E-state index contributed by atoms with van der Waals surface area (Å²) in [6.07, 6.45) is 0. The fraction of sp³-hybridized carbons (Fsp3) is 0. The Hall–Kier alpha value is -6.06. The van der Waals surface area contributed by atoms with Gasteiger partial charge in [0.2, 0.25) is 0 Å². The lowest BCUT2D eigenvalue weighted by atomic mass is 9.91. The predicted molar refractivity (Wildman–Crippen MR) is 188 cm³/mol. The Morgan fingerprint density at radius 2 is 0.956 bits per heavy atom. The minimum absolute atomic E-state index is 0.885. The molecular weight excluding hydrogens is 546 g/mol.